The Labute approximate surface area is 118 Å². The Hall–Kier alpha value is -1.09. The molecule has 0 spiro atoms. The molecule has 0 N–H and O–H groups in total. The summed E-state index contributed by atoms with van der Waals surface area (Å²) in [5.74, 6) is 0. The molecule has 1 aliphatic carbocycles. The maximum absolute atomic E-state index is 12.6. The van der Waals surface area contributed by atoms with Gasteiger partial charge in [-0.3, -0.25) is 9.59 Å². The van der Waals surface area contributed by atoms with Crippen LogP contribution in [0.15, 0.2) is 10.9 Å². The van der Waals surface area contributed by atoms with E-state index in [4.69, 9.17) is 11.6 Å². The number of halogens is 1. The van der Waals surface area contributed by atoms with E-state index >= 15 is 0 Å². The Morgan fingerprint density at radius 1 is 1.37 bits per heavy atom. The number of pyridine rings is 1. The minimum atomic E-state index is -0.383. The van der Waals surface area contributed by atoms with Gasteiger partial charge in [0.05, 0.1) is 0 Å². The normalized spacial score (nSPS) is 15.9. The van der Waals surface area contributed by atoms with Crippen LogP contribution in [-0.2, 0) is 11.2 Å². The van der Waals surface area contributed by atoms with E-state index in [0.29, 0.717) is 12.5 Å². The largest absolute Gasteiger partial charge is 0.310 e. The lowest BCUT2D eigenvalue weighted by molar-refractivity contribution is -0.111. The predicted molar refractivity (Wildman–Crippen MR) is 76.9 cm³/mol. The molecule has 3 nitrogen and oxygen atoms in total. The molecule has 0 aromatic carbocycles. The predicted octanol–water partition coefficient (Wildman–Crippen LogP) is 3.28. The highest BCUT2D eigenvalue weighted by atomic mass is 35.5. The van der Waals surface area contributed by atoms with Gasteiger partial charge >= 0.3 is 0 Å². The minimum absolute atomic E-state index is 0.0716. The maximum Gasteiger partial charge on any atom is 0.254 e. The number of aryl methyl sites for hydroxylation is 2. The molecule has 4 heteroatoms. The number of nitrogens with zero attached hydrogens (tertiary/aromatic N) is 1. The van der Waals surface area contributed by atoms with E-state index in [1.807, 2.05) is 24.5 Å². The average molecular weight is 282 g/mol. The summed E-state index contributed by atoms with van der Waals surface area (Å²) in [4.78, 5) is 23.5. The van der Waals surface area contributed by atoms with Crippen molar-refractivity contribution in [3.05, 3.63) is 33.2 Å². The van der Waals surface area contributed by atoms with Crippen molar-refractivity contribution in [1.82, 2.24) is 4.57 Å². The second kappa shape index (κ2) is 5.91. The highest BCUT2D eigenvalue weighted by molar-refractivity contribution is 6.63. The van der Waals surface area contributed by atoms with Crippen LogP contribution in [0.4, 0.5) is 0 Å². The standard InChI is InChI=1S/C15H20ClNO2/c1-10-9-11(2)17(12-5-3-4-6-12)15(19)13(10)7-8-14(16)18/h9,12H,3-8H2,1-2H3. The van der Waals surface area contributed by atoms with Gasteiger partial charge in [-0.2, -0.15) is 0 Å². The average Bonchev–Trinajstić information content (AvgIpc) is 2.81. The molecule has 0 amide bonds. The van der Waals surface area contributed by atoms with Crippen LogP contribution >= 0.6 is 11.6 Å². The van der Waals surface area contributed by atoms with E-state index in [9.17, 15) is 9.59 Å². The lowest BCUT2D eigenvalue weighted by Crippen LogP contribution is -2.29. The van der Waals surface area contributed by atoms with Crippen LogP contribution in [0.2, 0.25) is 0 Å². The quantitative estimate of drug-likeness (QED) is 0.795. The molecule has 0 saturated heterocycles. The van der Waals surface area contributed by atoms with Crippen LogP contribution in [0.3, 0.4) is 0 Å². The summed E-state index contributed by atoms with van der Waals surface area (Å²) in [6.45, 7) is 3.92. The number of carbonyl (C=O) groups is 1. The van der Waals surface area contributed by atoms with E-state index in [1.165, 1.54) is 12.8 Å². The number of hydrogen-bond donors (Lipinski definition) is 0. The van der Waals surface area contributed by atoms with Crippen LogP contribution in [0.5, 0.6) is 0 Å². The first kappa shape index (κ1) is 14.3. The summed E-state index contributed by atoms with van der Waals surface area (Å²) in [7, 11) is 0. The van der Waals surface area contributed by atoms with Crippen LogP contribution in [-0.4, -0.2) is 9.81 Å². The molecule has 0 atom stereocenters. The highest BCUT2D eigenvalue weighted by Crippen LogP contribution is 2.29. The summed E-state index contributed by atoms with van der Waals surface area (Å²) in [6.07, 6.45) is 5.22. The smallest absolute Gasteiger partial charge is 0.254 e. The van der Waals surface area contributed by atoms with Gasteiger partial charge in [0, 0.05) is 23.7 Å². The van der Waals surface area contributed by atoms with Crippen LogP contribution < -0.4 is 5.56 Å². The minimum Gasteiger partial charge on any atom is -0.310 e. The molecule has 2 rings (SSSR count). The molecule has 1 heterocycles. The number of rotatable bonds is 4. The first-order chi connectivity index (χ1) is 9.00. The van der Waals surface area contributed by atoms with Gasteiger partial charge in [0.25, 0.3) is 5.56 Å². The van der Waals surface area contributed by atoms with Gasteiger partial charge in [0.1, 0.15) is 0 Å². The second-order valence-corrected chi connectivity index (χ2v) is 5.84. The molecule has 1 aromatic heterocycles. The van der Waals surface area contributed by atoms with Gasteiger partial charge in [-0.25, -0.2) is 0 Å². The first-order valence-electron chi connectivity index (χ1n) is 6.90. The Bertz CT molecular complexity index is 542. The lowest BCUT2D eigenvalue weighted by atomic mass is 10.0. The number of aromatic nitrogens is 1. The number of carbonyl (C=O) groups excluding carboxylic acids is 1. The molecular formula is C15H20ClNO2. The van der Waals surface area contributed by atoms with Gasteiger partial charge in [-0.05, 0) is 56.3 Å². The van der Waals surface area contributed by atoms with Gasteiger partial charge in [0.15, 0.2) is 0 Å². The Morgan fingerprint density at radius 2 is 2.00 bits per heavy atom. The van der Waals surface area contributed by atoms with Crippen LogP contribution in [0.25, 0.3) is 0 Å². The Kier molecular flexibility index (Phi) is 4.46. The topological polar surface area (TPSA) is 39.1 Å². The highest BCUT2D eigenvalue weighted by Gasteiger charge is 2.21. The molecule has 0 aliphatic heterocycles. The van der Waals surface area contributed by atoms with Crippen molar-refractivity contribution < 1.29 is 4.79 Å². The van der Waals surface area contributed by atoms with E-state index in [2.05, 4.69) is 0 Å². The van der Waals surface area contributed by atoms with Crippen molar-refractivity contribution in [2.75, 3.05) is 0 Å². The van der Waals surface area contributed by atoms with E-state index in [1.54, 1.807) is 0 Å². The molecule has 0 radical (unpaired) electrons. The third-order valence-corrected chi connectivity index (χ3v) is 4.21. The van der Waals surface area contributed by atoms with Crippen molar-refractivity contribution in [3.8, 4) is 0 Å². The monoisotopic (exact) mass is 281 g/mol. The van der Waals surface area contributed by atoms with E-state index < -0.39 is 0 Å². The molecular weight excluding hydrogens is 262 g/mol. The Morgan fingerprint density at radius 3 is 2.58 bits per heavy atom. The van der Waals surface area contributed by atoms with Gasteiger partial charge in [-0.1, -0.05) is 12.8 Å². The summed E-state index contributed by atoms with van der Waals surface area (Å²) in [5.41, 5.74) is 2.80. The Balaban J connectivity index is 2.40. The van der Waals surface area contributed by atoms with Crippen LogP contribution in [0, 0.1) is 13.8 Å². The van der Waals surface area contributed by atoms with Crippen molar-refractivity contribution in [3.63, 3.8) is 0 Å². The zero-order valence-corrected chi connectivity index (χ0v) is 12.3. The molecule has 1 aliphatic rings. The fraction of sp³-hybridized carbons (Fsp3) is 0.600. The third-order valence-electron chi connectivity index (χ3n) is 4.02. The van der Waals surface area contributed by atoms with Crippen LogP contribution in [0.1, 0.15) is 55.0 Å². The van der Waals surface area contributed by atoms with Crippen molar-refractivity contribution in [2.45, 2.75) is 58.4 Å². The fourth-order valence-electron chi connectivity index (χ4n) is 3.09. The van der Waals surface area contributed by atoms with E-state index in [0.717, 1.165) is 29.7 Å². The SMILES string of the molecule is Cc1cc(C)n(C2CCCC2)c(=O)c1CCC(=O)Cl. The maximum atomic E-state index is 12.6. The zero-order chi connectivity index (χ0) is 14.0. The first-order valence-corrected chi connectivity index (χ1v) is 7.28. The van der Waals surface area contributed by atoms with Gasteiger partial charge < -0.3 is 4.57 Å². The van der Waals surface area contributed by atoms with Gasteiger partial charge in [-0.15, -0.1) is 0 Å². The second-order valence-electron chi connectivity index (χ2n) is 5.42. The number of hydrogen-bond acceptors (Lipinski definition) is 2. The van der Waals surface area contributed by atoms with Crippen molar-refractivity contribution in [2.24, 2.45) is 0 Å². The summed E-state index contributed by atoms with van der Waals surface area (Å²) >= 11 is 5.38. The molecule has 0 unspecified atom stereocenters. The summed E-state index contributed by atoms with van der Waals surface area (Å²) < 4.78 is 1.92. The lowest BCUT2D eigenvalue weighted by Gasteiger charge is -2.19. The molecule has 1 aromatic rings. The summed E-state index contributed by atoms with van der Waals surface area (Å²) in [5, 5.41) is -0.383. The van der Waals surface area contributed by atoms with E-state index in [-0.39, 0.29) is 17.2 Å². The molecule has 19 heavy (non-hydrogen) atoms. The molecule has 0 bridgehead atoms. The van der Waals surface area contributed by atoms with Crippen molar-refractivity contribution >= 4 is 16.8 Å². The third kappa shape index (κ3) is 3.08. The zero-order valence-electron chi connectivity index (χ0n) is 11.5. The molecule has 104 valence electrons. The fourth-order valence-corrected chi connectivity index (χ4v) is 3.18. The molecule has 1 fully saturated rings. The van der Waals surface area contributed by atoms with Crippen molar-refractivity contribution in [1.29, 1.82) is 0 Å². The van der Waals surface area contributed by atoms with Gasteiger partial charge in [0.2, 0.25) is 5.24 Å². The summed E-state index contributed by atoms with van der Waals surface area (Å²) in [6, 6.07) is 2.38. The molecule has 1 saturated carbocycles.